The average molecular weight is 509 g/mol. The third-order valence-electron chi connectivity index (χ3n) is 4.29. The highest BCUT2D eigenvalue weighted by molar-refractivity contribution is 9.10. The maximum Gasteiger partial charge on any atom is 0.250 e. The maximum atomic E-state index is 12.3. The molecule has 4 aromatic rings. The van der Waals surface area contributed by atoms with E-state index in [4.69, 9.17) is 0 Å². The number of thioether (sulfide) groups is 1. The van der Waals surface area contributed by atoms with Gasteiger partial charge in [0.25, 0.3) is 5.91 Å². The molecular weight excluding hydrogens is 492 g/mol. The SMILES string of the molecule is O=C(CSc1nnc(-c2ccncc2)n1-c1ccc(Br)cc1)N/N=C\c1ccc(O)cc1. The molecule has 2 aromatic carbocycles. The van der Waals surface area contributed by atoms with Gasteiger partial charge in [0, 0.05) is 28.1 Å². The van der Waals surface area contributed by atoms with E-state index >= 15 is 0 Å². The normalized spacial score (nSPS) is 11.0. The quantitative estimate of drug-likeness (QED) is 0.221. The number of phenols is 1. The van der Waals surface area contributed by atoms with Gasteiger partial charge in [0.05, 0.1) is 12.0 Å². The Kier molecular flexibility index (Phi) is 6.93. The van der Waals surface area contributed by atoms with Crippen molar-refractivity contribution < 1.29 is 9.90 Å². The van der Waals surface area contributed by atoms with Gasteiger partial charge < -0.3 is 5.11 Å². The average Bonchev–Trinajstić information content (AvgIpc) is 3.24. The summed E-state index contributed by atoms with van der Waals surface area (Å²) >= 11 is 4.71. The van der Waals surface area contributed by atoms with E-state index in [-0.39, 0.29) is 17.4 Å². The number of hydrazone groups is 1. The zero-order chi connectivity index (χ0) is 22.3. The fourth-order valence-corrected chi connectivity index (χ4v) is 3.78. The number of aromatic nitrogens is 4. The van der Waals surface area contributed by atoms with Crippen LogP contribution in [0.3, 0.4) is 0 Å². The Hall–Kier alpha value is -3.50. The van der Waals surface area contributed by atoms with Crippen molar-refractivity contribution in [3.63, 3.8) is 0 Å². The van der Waals surface area contributed by atoms with Crippen molar-refractivity contribution in [3.8, 4) is 22.8 Å². The van der Waals surface area contributed by atoms with E-state index in [2.05, 4.69) is 41.6 Å². The Morgan fingerprint density at radius 3 is 2.50 bits per heavy atom. The van der Waals surface area contributed by atoms with E-state index in [0.29, 0.717) is 11.0 Å². The van der Waals surface area contributed by atoms with Crippen molar-refractivity contribution in [3.05, 3.63) is 83.1 Å². The molecule has 0 bridgehead atoms. The first kappa shape index (κ1) is 21.7. The minimum atomic E-state index is -0.277. The number of halogens is 1. The predicted octanol–water partition coefficient (Wildman–Crippen LogP) is 4.04. The number of hydrogen-bond donors (Lipinski definition) is 2. The molecule has 2 aromatic heterocycles. The number of amides is 1. The molecule has 0 aliphatic rings. The molecule has 0 aliphatic carbocycles. The van der Waals surface area contributed by atoms with Crippen LogP contribution in [0.4, 0.5) is 0 Å². The topological polar surface area (TPSA) is 105 Å². The van der Waals surface area contributed by atoms with Gasteiger partial charge in [-0.1, -0.05) is 27.7 Å². The summed E-state index contributed by atoms with van der Waals surface area (Å²) in [6.07, 6.45) is 4.90. The summed E-state index contributed by atoms with van der Waals surface area (Å²) in [6.45, 7) is 0. The lowest BCUT2D eigenvalue weighted by Gasteiger charge is -2.10. The molecule has 160 valence electrons. The van der Waals surface area contributed by atoms with Crippen molar-refractivity contribution in [1.29, 1.82) is 0 Å². The van der Waals surface area contributed by atoms with E-state index < -0.39 is 0 Å². The van der Waals surface area contributed by atoms with E-state index in [9.17, 15) is 9.90 Å². The molecule has 0 fully saturated rings. The summed E-state index contributed by atoms with van der Waals surface area (Å²) in [5, 5.41) is 22.5. The van der Waals surface area contributed by atoms with Gasteiger partial charge in [-0.25, -0.2) is 5.43 Å². The molecule has 4 rings (SSSR count). The Balaban J connectivity index is 1.49. The van der Waals surface area contributed by atoms with Crippen molar-refractivity contribution in [1.82, 2.24) is 25.2 Å². The summed E-state index contributed by atoms with van der Waals surface area (Å²) < 4.78 is 2.86. The second kappa shape index (κ2) is 10.2. The first-order valence-electron chi connectivity index (χ1n) is 9.45. The van der Waals surface area contributed by atoms with Crippen LogP contribution in [0.15, 0.2) is 87.8 Å². The number of aromatic hydroxyl groups is 1. The summed E-state index contributed by atoms with van der Waals surface area (Å²) in [6, 6.07) is 18.0. The highest BCUT2D eigenvalue weighted by Crippen LogP contribution is 2.28. The molecule has 32 heavy (non-hydrogen) atoms. The lowest BCUT2D eigenvalue weighted by molar-refractivity contribution is -0.118. The third kappa shape index (κ3) is 5.40. The van der Waals surface area contributed by atoms with Gasteiger partial charge in [-0.2, -0.15) is 5.10 Å². The summed E-state index contributed by atoms with van der Waals surface area (Å²) in [5.41, 5.74) is 4.99. The van der Waals surface area contributed by atoms with Gasteiger partial charge in [0.1, 0.15) is 5.75 Å². The van der Waals surface area contributed by atoms with Crippen molar-refractivity contribution >= 4 is 39.8 Å². The van der Waals surface area contributed by atoms with Crippen molar-refractivity contribution in [2.75, 3.05) is 5.75 Å². The van der Waals surface area contributed by atoms with Crippen LogP contribution in [0.25, 0.3) is 17.1 Å². The number of hydrogen-bond acceptors (Lipinski definition) is 7. The highest BCUT2D eigenvalue weighted by Gasteiger charge is 2.17. The third-order valence-corrected chi connectivity index (χ3v) is 5.74. The number of rotatable bonds is 7. The number of nitrogens with one attached hydrogen (secondary N) is 1. The minimum absolute atomic E-state index is 0.109. The monoisotopic (exact) mass is 508 g/mol. The molecule has 0 radical (unpaired) electrons. The number of pyridine rings is 1. The zero-order valence-corrected chi connectivity index (χ0v) is 19.0. The second-order valence-electron chi connectivity index (χ2n) is 6.53. The summed E-state index contributed by atoms with van der Waals surface area (Å²) in [4.78, 5) is 16.3. The number of carbonyl (C=O) groups is 1. The number of carbonyl (C=O) groups excluding carboxylic acids is 1. The molecule has 0 unspecified atom stereocenters. The molecule has 0 saturated carbocycles. The fourth-order valence-electron chi connectivity index (χ4n) is 2.78. The van der Waals surface area contributed by atoms with Crippen molar-refractivity contribution in [2.45, 2.75) is 5.16 Å². The highest BCUT2D eigenvalue weighted by atomic mass is 79.9. The lowest BCUT2D eigenvalue weighted by atomic mass is 10.2. The standard InChI is InChI=1S/C22H17BrN6O2S/c23-17-3-5-18(6-4-17)29-21(16-9-11-24-12-10-16)27-28-22(29)32-14-20(31)26-25-13-15-1-7-19(30)8-2-15/h1-13,30H,14H2,(H,26,31)/b25-13-. The van der Waals surface area contributed by atoms with E-state index in [0.717, 1.165) is 21.3 Å². The van der Waals surface area contributed by atoms with E-state index in [1.165, 1.54) is 18.0 Å². The molecule has 2 N–H and O–H groups in total. The number of nitrogens with zero attached hydrogens (tertiary/aromatic N) is 5. The van der Waals surface area contributed by atoms with Crippen LogP contribution >= 0.6 is 27.7 Å². The number of benzene rings is 2. The molecular formula is C22H17BrN6O2S. The molecule has 10 heteroatoms. The molecule has 0 saturated heterocycles. The Bertz CT molecular complexity index is 1230. The van der Waals surface area contributed by atoms with Crippen LogP contribution in [-0.4, -0.2) is 42.7 Å². The Labute approximate surface area is 196 Å². The van der Waals surface area contributed by atoms with E-state index in [1.807, 2.05) is 41.0 Å². The van der Waals surface area contributed by atoms with Gasteiger partial charge >= 0.3 is 0 Å². The van der Waals surface area contributed by atoms with Crippen LogP contribution in [0.5, 0.6) is 5.75 Å². The van der Waals surface area contributed by atoms with E-state index in [1.54, 1.807) is 36.7 Å². The van der Waals surface area contributed by atoms with Gasteiger partial charge in [0.15, 0.2) is 11.0 Å². The Morgan fingerprint density at radius 1 is 1.06 bits per heavy atom. The van der Waals surface area contributed by atoms with Crippen LogP contribution in [0, 0.1) is 0 Å². The fraction of sp³-hybridized carbons (Fsp3) is 0.0455. The first-order valence-corrected chi connectivity index (χ1v) is 11.2. The Morgan fingerprint density at radius 2 is 1.78 bits per heavy atom. The minimum Gasteiger partial charge on any atom is -0.508 e. The summed E-state index contributed by atoms with van der Waals surface area (Å²) in [7, 11) is 0. The molecule has 0 spiro atoms. The molecule has 0 atom stereocenters. The number of phenolic OH excluding ortho intramolecular Hbond substituents is 1. The molecule has 8 nitrogen and oxygen atoms in total. The van der Waals surface area contributed by atoms with Crippen LogP contribution in [0.2, 0.25) is 0 Å². The van der Waals surface area contributed by atoms with Gasteiger partial charge in [-0.15, -0.1) is 10.2 Å². The predicted molar refractivity (Wildman–Crippen MR) is 127 cm³/mol. The summed E-state index contributed by atoms with van der Waals surface area (Å²) in [5.74, 6) is 0.658. The van der Waals surface area contributed by atoms with Crippen molar-refractivity contribution in [2.24, 2.45) is 5.10 Å². The molecule has 2 heterocycles. The maximum absolute atomic E-state index is 12.3. The van der Waals surface area contributed by atoms with Gasteiger partial charge in [-0.05, 0) is 66.2 Å². The smallest absolute Gasteiger partial charge is 0.250 e. The van der Waals surface area contributed by atoms with Crippen LogP contribution < -0.4 is 5.43 Å². The van der Waals surface area contributed by atoms with Gasteiger partial charge in [-0.3, -0.25) is 14.3 Å². The first-order chi connectivity index (χ1) is 15.6. The van der Waals surface area contributed by atoms with Crippen LogP contribution in [0.1, 0.15) is 5.56 Å². The second-order valence-corrected chi connectivity index (χ2v) is 8.39. The zero-order valence-electron chi connectivity index (χ0n) is 16.6. The lowest BCUT2D eigenvalue weighted by Crippen LogP contribution is -2.20. The molecule has 0 aliphatic heterocycles. The van der Waals surface area contributed by atoms with Crippen LogP contribution in [-0.2, 0) is 4.79 Å². The van der Waals surface area contributed by atoms with Gasteiger partial charge in [0.2, 0.25) is 0 Å². The largest absolute Gasteiger partial charge is 0.508 e. The molecule has 1 amide bonds.